The lowest BCUT2D eigenvalue weighted by Gasteiger charge is -2.38. The summed E-state index contributed by atoms with van der Waals surface area (Å²) in [5.74, 6) is -2.18. The number of carbonyl (C=O) groups is 3. The van der Waals surface area contributed by atoms with E-state index < -0.39 is 23.8 Å². The van der Waals surface area contributed by atoms with Crippen molar-refractivity contribution in [1.82, 2.24) is 5.32 Å². The molecule has 3 atom stereocenters. The molecule has 0 saturated heterocycles. The lowest BCUT2D eigenvalue weighted by atomic mass is 9.69. The zero-order chi connectivity index (χ0) is 23.2. The van der Waals surface area contributed by atoms with E-state index in [2.05, 4.69) is 5.32 Å². The zero-order valence-electron chi connectivity index (χ0n) is 18.8. The molecule has 3 aliphatic rings. The Kier molecular flexibility index (Phi) is 5.71. The van der Waals surface area contributed by atoms with E-state index in [4.69, 9.17) is 18.9 Å². The minimum Gasteiger partial charge on any atom is -0.468 e. The molecular formula is C24H27NO7. The molecule has 0 aromatic heterocycles. The summed E-state index contributed by atoms with van der Waals surface area (Å²) >= 11 is 0. The fourth-order valence-corrected chi connectivity index (χ4v) is 4.65. The van der Waals surface area contributed by atoms with Gasteiger partial charge in [0.15, 0.2) is 17.3 Å². The molecule has 170 valence electrons. The van der Waals surface area contributed by atoms with E-state index in [0.29, 0.717) is 46.0 Å². The number of ether oxygens (including phenoxy) is 4. The van der Waals surface area contributed by atoms with Gasteiger partial charge in [-0.05, 0) is 50.8 Å². The fraction of sp³-hybridized carbons (Fsp3) is 0.458. The molecule has 1 aliphatic carbocycles. The molecule has 8 heteroatoms. The predicted molar refractivity (Wildman–Crippen MR) is 114 cm³/mol. The van der Waals surface area contributed by atoms with Crippen molar-refractivity contribution in [2.24, 2.45) is 11.8 Å². The maximum Gasteiger partial charge on any atom is 0.337 e. The molecule has 1 N–H and O–H groups in total. The molecule has 0 spiro atoms. The number of hydrogen-bond donors (Lipinski definition) is 1. The van der Waals surface area contributed by atoms with Gasteiger partial charge in [-0.3, -0.25) is 9.59 Å². The number of benzene rings is 1. The average molecular weight is 441 g/mol. The number of nitrogens with one attached hydrogen (secondary N) is 1. The Morgan fingerprint density at radius 2 is 1.91 bits per heavy atom. The highest BCUT2D eigenvalue weighted by atomic mass is 16.7. The van der Waals surface area contributed by atoms with Crippen LogP contribution in [0.5, 0.6) is 11.5 Å². The summed E-state index contributed by atoms with van der Waals surface area (Å²) < 4.78 is 21.4. The van der Waals surface area contributed by atoms with E-state index in [-0.39, 0.29) is 24.6 Å². The molecular weight excluding hydrogens is 414 g/mol. The van der Waals surface area contributed by atoms with Crippen molar-refractivity contribution in [1.29, 1.82) is 0 Å². The summed E-state index contributed by atoms with van der Waals surface area (Å²) in [6.45, 7) is 7.29. The van der Waals surface area contributed by atoms with Gasteiger partial charge in [0.05, 0.1) is 18.8 Å². The second kappa shape index (κ2) is 8.33. The van der Waals surface area contributed by atoms with Crippen LogP contribution in [0.1, 0.15) is 45.6 Å². The van der Waals surface area contributed by atoms with Crippen LogP contribution >= 0.6 is 0 Å². The molecule has 0 fully saturated rings. The first kappa shape index (κ1) is 21.9. The predicted octanol–water partition coefficient (Wildman–Crippen LogP) is 2.98. The number of ketones is 1. The standard InChI is InChI=1S/C24H27NO7/c1-11(2)32-24(28)19-13(4)25-15-8-12(3)18(23(27)29-5)22(26)21(15)20(19)14-6-7-16-17(9-14)31-10-30-16/h6-7,9,11-12,18,20,25H,8,10H2,1-5H3/t12-,18-,20+/m0/s1. The van der Waals surface area contributed by atoms with E-state index in [0.717, 1.165) is 0 Å². The molecule has 1 aromatic rings. The van der Waals surface area contributed by atoms with Gasteiger partial charge in [-0.2, -0.15) is 0 Å². The molecule has 4 rings (SSSR count). The Labute approximate surface area is 186 Å². The van der Waals surface area contributed by atoms with Gasteiger partial charge in [0, 0.05) is 22.9 Å². The van der Waals surface area contributed by atoms with E-state index in [1.807, 2.05) is 13.0 Å². The van der Waals surface area contributed by atoms with Crippen LogP contribution in [0.2, 0.25) is 0 Å². The smallest absolute Gasteiger partial charge is 0.337 e. The van der Waals surface area contributed by atoms with E-state index in [1.54, 1.807) is 32.9 Å². The first-order valence-electron chi connectivity index (χ1n) is 10.7. The van der Waals surface area contributed by atoms with Crippen LogP contribution in [0.15, 0.2) is 40.7 Å². The van der Waals surface area contributed by atoms with Crippen LogP contribution in [-0.2, 0) is 23.9 Å². The SMILES string of the molecule is COC(=O)[C@@H]1C(=O)C2=C(C[C@@H]1C)NC(C)=C(C(=O)OC(C)C)[C@H]2c1ccc2c(c1)OCO2. The van der Waals surface area contributed by atoms with Crippen LogP contribution < -0.4 is 14.8 Å². The minimum atomic E-state index is -0.933. The van der Waals surface area contributed by atoms with Gasteiger partial charge in [0.25, 0.3) is 0 Å². The number of rotatable bonds is 4. The number of carbonyl (C=O) groups excluding carboxylic acids is 3. The highest BCUT2D eigenvalue weighted by molar-refractivity contribution is 6.12. The Morgan fingerprint density at radius 1 is 1.19 bits per heavy atom. The topological polar surface area (TPSA) is 100 Å². The molecule has 0 amide bonds. The summed E-state index contributed by atoms with van der Waals surface area (Å²) in [5, 5.41) is 3.24. The Morgan fingerprint density at radius 3 is 2.59 bits per heavy atom. The normalized spacial score (nSPS) is 24.3. The lowest BCUT2D eigenvalue weighted by Crippen LogP contribution is -2.43. The number of dihydropyridines is 1. The number of esters is 2. The summed E-state index contributed by atoms with van der Waals surface area (Å²) in [7, 11) is 1.27. The van der Waals surface area contributed by atoms with Crippen molar-refractivity contribution < 1.29 is 33.3 Å². The molecule has 8 nitrogen and oxygen atoms in total. The molecule has 0 bridgehead atoms. The van der Waals surface area contributed by atoms with Gasteiger partial charge in [-0.25, -0.2) is 4.79 Å². The number of Topliss-reactive ketones (excluding diaryl/α,β-unsaturated/α-hetero) is 1. The van der Waals surface area contributed by atoms with Gasteiger partial charge in [0.1, 0.15) is 5.92 Å². The Hall–Kier alpha value is -3.29. The number of methoxy groups -OCH3 is 1. The molecule has 2 aliphatic heterocycles. The van der Waals surface area contributed by atoms with Crippen molar-refractivity contribution in [3.8, 4) is 11.5 Å². The van der Waals surface area contributed by atoms with Gasteiger partial charge < -0.3 is 24.3 Å². The van der Waals surface area contributed by atoms with Crippen LogP contribution in [0.25, 0.3) is 0 Å². The summed E-state index contributed by atoms with van der Waals surface area (Å²) in [5.41, 5.74) is 2.74. The number of fused-ring (bicyclic) bond motifs is 1. The second-order valence-corrected chi connectivity index (χ2v) is 8.60. The molecule has 0 unspecified atom stereocenters. The van der Waals surface area contributed by atoms with Crippen molar-refractivity contribution in [3.05, 3.63) is 46.3 Å². The average Bonchev–Trinajstić information content (AvgIpc) is 3.19. The van der Waals surface area contributed by atoms with Gasteiger partial charge in [-0.1, -0.05) is 13.0 Å². The fourth-order valence-electron chi connectivity index (χ4n) is 4.65. The van der Waals surface area contributed by atoms with Crippen LogP contribution in [0.3, 0.4) is 0 Å². The third-order valence-electron chi connectivity index (χ3n) is 6.04. The Balaban J connectivity index is 1.87. The summed E-state index contributed by atoms with van der Waals surface area (Å²) in [6, 6.07) is 5.34. The quantitative estimate of drug-likeness (QED) is 0.562. The number of hydrogen-bond acceptors (Lipinski definition) is 8. The molecule has 32 heavy (non-hydrogen) atoms. The molecule has 1 aromatic carbocycles. The first-order chi connectivity index (χ1) is 15.2. The summed E-state index contributed by atoms with van der Waals surface area (Å²) in [4.78, 5) is 39.3. The molecule has 2 heterocycles. The largest absolute Gasteiger partial charge is 0.468 e. The first-order valence-corrected chi connectivity index (χ1v) is 10.7. The highest BCUT2D eigenvalue weighted by Gasteiger charge is 2.47. The molecule has 0 radical (unpaired) electrons. The third-order valence-corrected chi connectivity index (χ3v) is 6.04. The summed E-state index contributed by atoms with van der Waals surface area (Å²) in [6.07, 6.45) is 0.145. The van der Waals surface area contributed by atoms with Crippen LogP contribution in [-0.4, -0.2) is 37.7 Å². The third kappa shape index (κ3) is 3.63. The monoisotopic (exact) mass is 441 g/mol. The number of allylic oxidation sites excluding steroid dienone is 3. The lowest BCUT2D eigenvalue weighted by molar-refractivity contribution is -0.151. The van der Waals surface area contributed by atoms with Crippen molar-refractivity contribution in [2.45, 2.75) is 46.1 Å². The molecule has 0 saturated carbocycles. The van der Waals surface area contributed by atoms with Gasteiger partial charge >= 0.3 is 11.9 Å². The van der Waals surface area contributed by atoms with Crippen molar-refractivity contribution in [2.75, 3.05) is 13.9 Å². The maximum absolute atomic E-state index is 13.7. The zero-order valence-corrected chi connectivity index (χ0v) is 18.8. The van der Waals surface area contributed by atoms with Crippen molar-refractivity contribution in [3.63, 3.8) is 0 Å². The van der Waals surface area contributed by atoms with Crippen LogP contribution in [0, 0.1) is 11.8 Å². The van der Waals surface area contributed by atoms with E-state index in [9.17, 15) is 14.4 Å². The van der Waals surface area contributed by atoms with E-state index >= 15 is 0 Å². The maximum atomic E-state index is 13.7. The highest BCUT2D eigenvalue weighted by Crippen LogP contribution is 2.47. The van der Waals surface area contributed by atoms with Crippen LogP contribution in [0.4, 0.5) is 0 Å². The second-order valence-electron chi connectivity index (χ2n) is 8.60. The Bertz CT molecular complexity index is 1050. The van der Waals surface area contributed by atoms with Crippen molar-refractivity contribution >= 4 is 17.7 Å². The van der Waals surface area contributed by atoms with E-state index in [1.165, 1.54) is 7.11 Å². The minimum absolute atomic E-state index is 0.108. The van der Waals surface area contributed by atoms with Gasteiger partial charge in [-0.15, -0.1) is 0 Å². The van der Waals surface area contributed by atoms with Gasteiger partial charge in [0.2, 0.25) is 6.79 Å².